The molecule has 2 aliphatic rings. The van der Waals surface area contributed by atoms with E-state index >= 15 is 0 Å². The van der Waals surface area contributed by atoms with E-state index in [1.54, 1.807) is 12.1 Å². The first-order valence-electron chi connectivity index (χ1n) is 9.10. The average molecular weight is 362 g/mol. The van der Waals surface area contributed by atoms with Crippen LogP contribution in [0.2, 0.25) is 0 Å². The lowest BCUT2D eigenvalue weighted by Gasteiger charge is -2.26. The van der Waals surface area contributed by atoms with Gasteiger partial charge in [-0.1, -0.05) is 12.1 Å². The van der Waals surface area contributed by atoms with E-state index in [4.69, 9.17) is 5.10 Å². The molecule has 2 aliphatic heterocycles. The van der Waals surface area contributed by atoms with Gasteiger partial charge in [-0.25, -0.2) is 13.9 Å². The summed E-state index contributed by atoms with van der Waals surface area (Å²) < 4.78 is 15.6. The van der Waals surface area contributed by atoms with Crippen LogP contribution in [0.15, 0.2) is 53.8 Å². The number of hydrogen-bond donors (Lipinski definition) is 1. The number of hydrogen-bond acceptors (Lipinski definition) is 5. The molecule has 6 nitrogen and oxygen atoms in total. The normalized spacial score (nSPS) is 19.4. The Morgan fingerprint density at radius 3 is 3.00 bits per heavy atom. The van der Waals surface area contributed by atoms with Gasteiger partial charge in [-0.3, -0.25) is 4.99 Å². The molecule has 7 heteroatoms. The molecule has 0 bridgehead atoms. The Kier molecular flexibility index (Phi) is 3.85. The molecule has 0 aliphatic carbocycles. The molecular weight excluding hydrogens is 343 g/mol. The smallest absolute Gasteiger partial charge is 0.154 e. The molecule has 1 saturated heterocycles. The lowest BCUT2D eigenvalue weighted by molar-refractivity contribution is 0.617. The highest BCUT2D eigenvalue weighted by Crippen LogP contribution is 2.35. The number of halogens is 1. The summed E-state index contributed by atoms with van der Waals surface area (Å²) >= 11 is 0. The number of aliphatic imine (C=N–C) groups is 1. The fraction of sp³-hybridized carbons (Fsp3) is 0.250. The van der Waals surface area contributed by atoms with E-state index in [0.717, 1.165) is 47.7 Å². The Morgan fingerprint density at radius 1 is 1.19 bits per heavy atom. The molecule has 136 valence electrons. The van der Waals surface area contributed by atoms with Crippen molar-refractivity contribution < 1.29 is 4.39 Å². The molecule has 27 heavy (non-hydrogen) atoms. The molecule has 3 aromatic rings. The number of benzene rings is 1. The maximum absolute atomic E-state index is 13.7. The van der Waals surface area contributed by atoms with Crippen LogP contribution in [0.1, 0.15) is 30.1 Å². The molecule has 1 unspecified atom stereocenters. The van der Waals surface area contributed by atoms with Crippen LogP contribution in [-0.4, -0.2) is 34.0 Å². The number of imidazole rings is 1. The average Bonchev–Trinajstić information content (AvgIpc) is 3.35. The van der Waals surface area contributed by atoms with Crippen molar-refractivity contribution in [2.75, 3.05) is 18.1 Å². The zero-order chi connectivity index (χ0) is 18.2. The lowest BCUT2D eigenvalue weighted by Crippen LogP contribution is -2.24. The topological polar surface area (TPSA) is 57.8 Å². The van der Waals surface area contributed by atoms with Crippen molar-refractivity contribution in [2.45, 2.75) is 18.9 Å². The number of nitrogens with zero attached hydrogens (tertiary/aromatic N) is 5. The number of aromatic nitrogens is 3. The van der Waals surface area contributed by atoms with Crippen LogP contribution >= 0.6 is 0 Å². The highest BCUT2D eigenvalue weighted by atomic mass is 19.1. The maximum Gasteiger partial charge on any atom is 0.154 e. The van der Waals surface area contributed by atoms with Crippen LogP contribution in [0.5, 0.6) is 0 Å². The molecule has 0 saturated carbocycles. The standard InChI is InChI=1S/C20H19FN6/c21-16-4-1-3-14(9-16)17-5-2-8-26(17)20-7-6-19-24-12-18(27(19)25-20)15-10-22-13-23-11-15/h1,3-4,6-7,9-12,17,22H,2,5,8,13H2. The SMILES string of the molecule is Fc1cccc(C2CCCN2c2ccc3ncc(C4=CNCN=C4)n3n2)c1. The van der Waals surface area contributed by atoms with Gasteiger partial charge in [0.2, 0.25) is 0 Å². The second kappa shape index (κ2) is 6.50. The fourth-order valence-electron chi connectivity index (χ4n) is 3.84. The van der Waals surface area contributed by atoms with Crippen molar-refractivity contribution in [3.05, 3.63) is 65.9 Å². The van der Waals surface area contributed by atoms with E-state index in [9.17, 15) is 4.39 Å². The van der Waals surface area contributed by atoms with Gasteiger partial charge >= 0.3 is 0 Å². The molecule has 1 fully saturated rings. The minimum absolute atomic E-state index is 0.134. The first-order chi connectivity index (χ1) is 13.3. The van der Waals surface area contributed by atoms with Crippen molar-refractivity contribution in [1.29, 1.82) is 0 Å². The predicted octanol–water partition coefficient (Wildman–Crippen LogP) is 3.18. The van der Waals surface area contributed by atoms with Crippen molar-refractivity contribution in [2.24, 2.45) is 4.99 Å². The van der Waals surface area contributed by atoms with Crippen molar-refractivity contribution in [1.82, 2.24) is 19.9 Å². The van der Waals surface area contributed by atoms with Crippen LogP contribution in [-0.2, 0) is 0 Å². The van der Waals surface area contributed by atoms with Crippen molar-refractivity contribution in [3.8, 4) is 0 Å². The van der Waals surface area contributed by atoms with Crippen LogP contribution in [0.3, 0.4) is 0 Å². The van der Waals surface area contributed by atoms with Gasteiger partial charge in [0.15, 0.2) is 5.65 Å². The molecule has 1 aromatic carbocycles. The number of allylic oxidation sites excluding steroid dienone is 1. The van der Waals surface area contributed by atoms with Crippen molar-refractivity contribution >= 4 is 23.3 Å². The van der Waals surface area contributed by atoms with E-state index in [0.29, 0.717) is 6.67 Å². The Morgan fingerprint density at radius 2 is 2.15 bits per heavy atom. The number of fused-ring (bicyclic) bond motifs is 1. The van der Waals surface area contributed by atoms with Crippen LogP contribution < -0.4 is 10.2 Å². The molecule has 1 N–H and O–H groups in total. The quantitative estimate of drug-likeness (QED) is 0.777. The third kappa shape index (κ3) is 2.85. The van der Waals surface area contributed by atoms with E-state index in [1.807, 2.05) is 41.3 Å². The summed E-state index contributed by atoms with van der Waals surface area (Å²) in [5.74, 6) is 0.672. The largest absolute Gasteiger partial charge is 0.372 e. The zero-order valence-corrected chi connectivity index (χ0v) is 14.7. The summed E-state index contributed by atoms with van der Waals surface area (Å²) in [5.41, 5.74) is 3.62. The van der Waals surface area contributed by atoms with Crippen LogP contribution in [0, 0.1) is 5.82 Å². The summed E-state index contributed by atoms with van der Waals surface area (Å²) in [7, 11) is 0. The molecular formula is C20H19FN6. The van der Waals surface area contributed by atoms with E-state index in [1.165, 1.54) is 6.07 Å². The summed E-state index contributed by atoms with van der Waals surface area (Å²) in [6, 6.07) is 11.0. The van der Waals surface area contributed by atoms with Gasteiger partial charge in [0.25, 0.3) is 0 Å². The monoisotopic (exact) mass is 362 g/mol. The minimum atomic E-state index is -0.198. The summed E-state index contributed by atoms with van der Waals surface area (Å²) in [4.78, 5) is 11.0. The van der Waals surface area contributed by atoms with E-state index in [-0.39, 0.29) is 11.9 Å². The van der Waals surface area contributed by atoms with Crippen molar-refractivity contribution in [3.63, 3.8) is 0 Å². The highest BCUT2D eigenvalue weighted by Gasteiger charge is 2.28. The van der Waals surface area contributed by atoms with Gasteiger partial charge in [-0.05, 0) is 42.7 Å². The summed E-state index contributed by atoms with van der Waals surface area (Å²) in [5, 5.41) is 7.96. The third-order valence-corrected chi connectivity index (χ3v) is 5.10. The molecule has 0 radical (unpaired) electrons. The second-order valence-corrected chi connectivity index (χ2v) is 6.78. The van der Waals surface area contributed by atoms with Gasteiger partial charge in [-0.15, -0.1) is 5.10 Å². The second-order valence-electron chi connectivity index (χ2n) is 6.78. The maximum atomic E-state index is 13.7. The molecule has 1 atom stereocenters. The number of nitrogens with one attached hydrogen (secondary N) is 1. The van der Waals surface area contributed by atoms with Gasteiger partial charge in [-0.2, -0.15) is 0 Å². The van der Waals surface area contributed by atoms with Crippen LogP contribution in [0.25, 0.3) is 11.2 Å². The Labute approximate surface area is 156 Å². The molecule has 2 aromatic heterocycles. The van der Waals surface area contributed by atoms with Gasteiger partial charge < -0.3 is 10.2 Å². The van der Waals surface area contributed by atoms with Gasteiger partial charge in [0.05, 0.1) is 17.9 Å². The molecule has 4 heterocycles. The Hall–Kier alpha value is -3.22. The molecule has 5 rings (SSSR count). The van der Waals surface area contributed by atoms with E-state index in [2.05, 4.69) is 20.2 Å². The zero-order valence-electron chi connectivity index (χ0n) is 14.7. The first kappa shape index (κ1) is 16.0. The summed E-state index contributed by atoms with van der Waals surface area (Å²) in [6.45, 7) is 1.48. The number of anilines is 1. The molecule has 0 spiro atoms. The fourth-order valence-corrected chi connectivity index (χ4v) is 3.84. The number of rotatable bonds is 3. The lowest BCUT2D eigenvalue weighted by atomic mass is 10.0. The Bertz CT molecular complexity index is 1050. The minimum Gasteiger partial charge on any atom is -0.372 e. The van der Waals surface area contributed by atoms with Gasteiger partial charge in [0, 0.05) is 24.5 Å². The van der Waals surface area contributed by atoms with Crippen LogP contribution in [0.4, 0.5) is 10.2 Å². The Balaban J connectivity index is 1.54. The van der Waals surface area contributed by atoms with E-state index < -0.39 is 0 Å². The van der Waals surface area contributed by atoms with Gasteiger partial charge in [0.1, 0.15) is 18.3 Å². The summed E-state index contributed by atoms with van der Waals surface area (Å²) in [6.07, 6.45) is 7.61. The molecule has 0 amide bonds. The first-order valence-corrected chi connectivity index (χ1v) is 9.10. The predicted molar refractivity (Wildman–Crippen MR) is 103 cm³/mol. The third-order valence-electron chi connectivity index (χ3n) is 5.10. The highest BCUT2D eigenvalue weighted by molar-refractivity contribution is 6.09.